The summed E-state index contributed by atoms with van der Waals surface area (Å²) in [5, 5.41) is 11.9. The van der Waals surface area contributed by atoms with E-state index >= 15 is 0 Å². The van der Waals surface area contributed by atoms with Gasteiger partial charge in [-0.1, -0.05) is 6.92 Å². The highest BCUT2D eigenvalue weighted by Gasteiger charge is 2.29. The van der Waals surface area contributed by atoms with Gasteiger partial charge in [0.1, 0.15) is 0 Å². The summed E-state index contributed by atoms with van der Waals surface area (Å²) in [4.78, 5) is 21.9. The fraction of sp³-hybridized carbons (Fsp3) is 0.818. The second-order valence-electron chi connectivity index (χ2n) is 4.47. The van der Waals surface area contributed by atoms with E-state index in [2.05, 4.69) is 5.32 Å². The van der Waals surface area contributed by atoms with Crippen molar-refractivity contribution < 1.29 is 14.7 Å². The van der Waals surface area contributed by atoms with E-state index in [0.717, 1.165) is 19.3 Å². The molecule has 4 nitrogen and oxygen atoms in total. The first-order valence-electron chi connectivity index (χ1n) is 5.50. The van der Waals surface area contributed by atoms with Crippen molar-refractivity contribution in [1.29, 1.82) is 0 Å². The molecular formula is C11H19NO3. The fourth-order valence-corrected chi connectivity index (χ4v) is 2.27. The summed E-state index contributed by atoms with van der Waals surface area (Å²) in [6, 6.07) is 0.161. The second kappa shape index (κ2) is 5.14. The Morgan fingerprint density at radius 1 is 1.20 bits per heavy atom. The topological polar surface area (TPSA) is 66.4 Å². The van der Waals surface area contributed by atoms with Gasteiger partial charge in [-0.05, 0) is 31.6 Å². The fourth-order valence-electron chi connectivity index (χ4n) is 2.27. The summed E-state index contributed by atoms with van der Waals surface area (Å²) in [5.41, 5.74) is 0. The standard InChI is InChI=1S/C11H19NO3/c1-7-3-4-9(12-8(2)13)5-6-10(7)11(14)15/h7,9-10H,3-6H2,1-2H3,(H,12,13)(H,14,15). The van der Waals surface area contributed by atoms with Crippen LogP contribution in [-0.2, 0) is 9.59 Å². The van der Waals surface area contributed by atoms with Gasteiger partial charge in [0.2, 0.25) is 5.91 Å². The first-order chi connectivity index (χ1) is 7.00. The first-order valence-corrected chi connectivity index (χ1v) is 5.50. The minimum absolute atomic E-state index is 0.0265. The molecule has 0 saturated heterocycles. The van der Waals surface area contributed by atoms with Crippen molar-refractivity contribution in [3.63, 3.8) is 0 Å². The summed E-state index contributed by atoms with van der Waals surface area (Å²) in [5.74, 6) is -0.766. The lowest BCUT2D eigenvalue weighted by atomic mass is 9.90. The van der Waals surface area contributed by atoms with Crippen LogP contribution in [-0.4, -0.2) is 23.0 Å². The summed E-state index contributed by atoms with van der Waals surface area (Å²) in [7, 11) is 0. The molecule has 0 bridgehead atoms. The number of carboxylic acid groups (broad SMARTS) is 1. The van der Waals surface area contributed by atoms with Crippen molar-refractivity contribution in [2.24, 2.45) is 11.8 Å². The van der Waals surface area contributed by atoms with Gasteiger partial charge in [-0.2, -0.15) is 0 Å². The predicted molar refractivity (Wildman–Crippen MR) is 56.4 cm³/mol. The number of aliphatic carboxylic acids is 1. The molecule has 15 heavy (non-hydrogen) atoms. The van der Waals surface area contributed by atoms with E-state index in [1.54, 1.807) is 0 Å². The van der Waals surface area contributed by atoms with Crippen LogP contribution in [0.25, 0.3) is 0 Å². The van der Waals surface area contributed by atoms with Gasteiger partial charge < -0.3 is 10.4 Å². The summed E-state index contributed by atoms with van der Waals surface area (Å²) in [6.07, 6.45) is 3.22. The summed E-state index contributed by atoms with van der Waals surface area (Å²) >= 11 is 0. The van der Waals surface area contributed by atoms with E-state index in [-0.39, 0.29) is 23.8 Å². The summed E-state index contributed by atoms with van der Waals surface area (Å²) < 4.78 is 0. The molecule has 3 unspecified atom stereocenters. The number of rotatable bonds is 2. The van der Waals surface area contributed by atoms with Crippen LogP contribution < -0.4 is 5.32 Å². The van der Waals surface area contributed by atoms with Crippen LogP contribution in [0, 0.1) is 11.8 Å². The lowest BCUT2D eigenvalue weighted by Crippen LogP contribution is -2.32. The molecule has 0 aromatic carbocycles. The average molecular weight is 213 g/mol. The van der Waals surface area contributed by atoms with E-state index in [4.69, 9.17) is 5.11 Å². The summed E-state index contributed by atoms with van der Waals surface area (Å²) in [6.45, 7) is 3.48. The molecule has 1 rings (SSSR count). The molecule has 1 aliphatic carbocycles. The minimum atomic E-state index is -0.703. The number of carboxylic acids is 1. The Morgan fingerprint density at radius 3 is 2.33 bits per heavy atom. The zero-order valence-electron chi connectivity index (χ0n) is 9.32. The van der Waals surface area contributed by atoms with E-state index in [1.165, 1.54) is 6.92 Å². The molecule has 1 fully saturated rings. The zero-order chi connectivity index (χ0) is 11.4. The molecule has 1 saturated carbocycles. The third-order valence-electron chi connectivity index (χ3n) is 3.21. The van der Waals surface area contributed by atoms with Crippen LogP contribution in [0.3, 0.4) is 0 Å². The van der Waals surface area contributed by atoms with Crippen molar-refractivity contribution in [1.82, 2.24) is 5.32 Å². The number of carbonyl (C=O) groups is 2. The van der Waals surface area contributed by atoms with Gasteiger partial charge in [-0.15, -0.1) is 0 Å². The number of carbonyl (C=O) groups excluding carboxylic acids is 1. The van der Waals surface area contributed by atoms with Crippen molar-refractivity contribution in [3.05, 3.63) is 0 Å². The molecule has 0 aromatic rings. The third kappa shape index (κ3) is 3.53. The maximum Gasteiger partial charge on any atom is 0.306 e. The molecule has 2 N–H and O–H groups in total. The molecule has 0 aliphatic heterocycles. The Morgan fingerprint density at radius 2 is 1.80 bits per heavy atom. The van der Waals surface area contributed by atoms with Gasteiger partial charge in [0.05, 0.1) is 5.92 Å². The third-order valence-corrected chi connectivity index (χ3v) is 3.21. The van der Waals surface area contributed by atoms with Crippen LogP contribution in [0.4, 0.5) is 0 Å². The highest BCUT2D eigenvalue weighted by atomic mass is 16.4. The van der Waals surface area contributed by atoms with Gasteiger partial charge in [0.15, 0.2) is 0 Å². The minimum Gasteiger partial charge on any atom is -0.481 e. The highest BCUT2D eigenvalue weighted by molar-refractivity contribution is 5.73. The van der Waals surface area contributed by atoms with Crippen LogP contribution in [0.15, 0.2) is 0 Å². The van der Waals surface area contributed by atoms with Gasteiger partial charge in [0, 0.05) is 13.0 Å². The molecule has 0 heterocycles. The Kier molecular flexibility index (Phi) is 4.12. The SMILES string of the molecule is CC(=O)NC1CCC(C)C(C(=O)O)CC1. The van der Waals surface area contributed by atoms with Gasteiger partial charge in [-0.25, -0.2) is 0 Å². The van der Waals surface area contributed by atoms with Crippen LogP contribution >= 0.6 is 0 Å². The number of hydrogen-bond donors (Lipinski definition) is 2. The largest absolute Gasteiger partial charge is 0.481 e. The number of nitrogens with one attached hydrogen (secondary N) is 1. The van der Waals surface area contributed by atoms with Crippen LogP contribution in [0.1, 0.15) is 39.5 Å². The maximum atomic E-state index is 11.0. The lowest BCUT2D eigenvalue weighted by molar-refractivity contribution is -0.143. The normalized spacial score (nSPS) is 31.7. The Balaban J connectivity index is 2.53. The van der Waals surface area contributed by atoms with E-state index < -0.39 is 5.97 Å². The van der Waals surface area contributed by atoms with Gasteiger partial charge in [-0.3, -0.25) is 9.59 Å². The Labute approximate surface area is 90.0 Å². The quantitative estimate of drug-likeness (QED) is 0.681. The van der Waals surface area contributed by atoms with Crippen LogP contribution in [0.2, 0.25) is 0 Å². The van der Waals surface area contributed by atoms with Crippen molar-refractivity contribution in [2.45, 2.75) is 45.6 Å². The molecule has 1 amide bonds. The van der Waals surface area contributed by atoms with Crippen molar-refractivity contribution in [3.8, 4) is 0 Å². The molecule has 3 atom stereocenters. The number of hydrogen-bond acceptors (Lipinski definition) is 2. The molecular weight excluding hydrogens is 194 g/mol. The van der Waals surface area contributed by atoms with E-state index in [1.807, 2.05) is 6.92 Å². The zero-order valence-corrected chi connectivity index (χ0v) is 9.32. The monoisotopic (exact) mass is 213 g/mol. The van der Waals surface area contributed by atoms with Crippen molar-refractivity contribution >= 4 is 11.9 Å². The Bertz CT molecular complexity index is 252. The second-order valence-corrected chi connectivity index (χ2v) is 4.47. The molecule has 0 aromatic heterocycles. The molecule has 1 aliphatic rings. The number of amides is 1. The van der Waals surface area contributed by atoms with E-state index in [9.17, 15) is 9.59 Å². The molecule has 4 heteroatoms. The van der Waals surface area contributed by atoms with Gasteiger partial charge in [0.25, 0.3) is 0 Å². The van der Waals surface area contributed by atoms with Crippen molar-refractivity contribution in [2.75, 3.05) is 0 Å². The predicted octanol–water partition coefficient (Wildman–Crippen LogP) is 1.40. The average Bonchev–Trinajstić information content (AvgIpc) is 2.28. The highest BCUT2D eigenvalue weighted by Crippen LogP contribution is 2.28. The van der Waals surface area contributed by atoms with Crippen LogP contribution in [0.5, 0.6) is 0 Å². The maximum absolute atomic E-state index is 11.0. The Hall–Kier alpha value is -1.06. The lowest BCUT2D eigenvalue weighted by Gasteiger charge is -2.15. The molecule has 86 valence electrons. The molecule has 0 spiro atoms. The van der Waals surface area contributed by atoms with E-state index in [0.29, 0.717) is 6.42 Å². The van der Waals surface area contributed by atoms with Gasteiger partial charge >= 0.3 is 5.97 Å². The molecule has 0 radical (unpaired) electrons. The smallest absolute Gasteiger partial charge is 0.306 e. The first kappa shape index (κ1) is 12.0.